The maximum atomic E-state index is 13.3. The molecule has 1 aliphatic carbocycles. The zero-order valence-corrected chi connectivity index (χ0v) is 25.6. The number of hydrogen-bond donors (Lipinski definition) is 2. The summed E-state index contributed by atoms with van der Waals surface area (Å²) in [6.07, 6.45) is 6.75. The van der Waals surface area contributed by atoms with Crippen molar-refractivity contribution in [1.29, 1.82) is 0 Å². The van der Waals surface area contributed by atoms with Gasteiger partial charge in [-0.3, -0.25) is 4.79 Å². The number of carboxylic acid groups (broad SMARTS) is 1. The van der Waals surface area contributed by atoms with Crippen molar-refractivity contribution in [2.45, 2.75) is 37.8 Å². The lowest BCUT2D eigenvalue weighted by Gasteiger charge is -2.38. The van der Waals surface area contributed by atoms with E-state index >= 15 is 0 Å². The predicted octanol–water partition coefficient (Wildman–Crippen LogP) is 3.68. The standard InChI is InChI=1S/C30H37N3O4SSi/c1-20-23(10-8-11-26(20)38(36,37)31-17-9-12-29(34)35)30-24-15-13-21(32(2)3)18-27(24)39(6,7)28-19-22(33(4)5)14-16-25(28)30/h8,10-11,13-16,18-19,31H,9,12,17H2,1-7H3/p+1. The largest absolute Gasteiger partial charge is 0.481 e. The van der Waals surface area contributed by atoms with Crippen LogP contribution in [-0.4, -0.2) is 72.6 Å². The number of aliphatic carboxylic acids is 1. The number of allylic oxidation sites excluding steroid dienone is 5. The van der Waals surface area contributed by atoms with E-state index in [2.05, 4.69) is 63.7 Å². The lowest BCUT2D eigenvalue weighted by molar-refractivity contribution is -0.462. The Balaban J connectivity index is 1.94. The highest BCUT2D eigenvalue weighted by Gasteiger charge is 2.41. The number of rotatable bonds is 8. The number of anilines is 1. The van der Waals surface area contributed by atoms with Crippen LogP contribution in [-0.2, 0) is 14.8 Å². The fraction of sp³-hybridized carbons (Fsp3) is 0.333. The van der Waals surface area contributed by atoms with Gasteiger partial charge < -0.3 is 10.0 Å². The van der Waals surface area contributed by atoms with Crippen molar-refractivity contribution in [3.8, 4) is 0 Å². The Morgan fingerprint density at radius 2 is 1.79 bits per heavy atom. The highest BCUT2D eigenvalue weighted by molar-refractivity contribution is 7.89. The molecule has 2 aromatic rings. The zero-order valence-electron chi connectivity index (χ0n) is 23.8. The number of fused-ring (bicyclic) bond motifs is 2. The molecule has 0 spiro atoms. The number of nitrogens with one attached hydrogen (secondary N) is 1. The van der Waals surface area contributed by atoms with Gasteiger partial charge >= 0.3 is 5.97 Å². The van der Waals surface area contributed by atoms with Crippen LogP contribution in [0, 0.1) is 6.92 Å². The molecule has 0 amide bonds. The van der Waals surface area contributed by atoms with E-state index in [-0.39, 0.29) is 24.3 Å². The molecule has 0 radical (unpaired) electrons. The van der Waals surface area contributed by atoms with Crippen LogP contribution in [0.3, 0.4) is 0 Å². The van der Waals surface area contributed by atoms with Gasteiger partial charge in [0.1, 0.15) is 22.2 Å². The first-order chi connectivity index (χ1) is 18.3. The molecule has 1 heterocycles. The monoisotopic (exact) mass is 564 g/mol. The number of sulfonamides is 1. The Kier molecular flexibility index (Phi) is 7.89. The fourth-order valence-electron chi connectivity index (χ4n) is 5.37. The summed E-state index contributed by atoms with van der Waals surface area (Å²) in [6, 6.07) is 12.0. The molecule has 0 saturated carbocycles. The minimum atomic E-state index is -3.82. The van der Waals surface area contributed by atoms with Crippen LogP contribution in [0.4, 0.5) is 5.69 Å². The summed E-state index contributed by atoms with van der Waals surface area (Å²) in [5, 5.41) is 11.5. The van der Waals surface area contributed by atoms with Gasteiger partial charge in [-0.25, -0.2) is 17.7 Å². The molecule has 0 saturated heterocycles. The summed E-state index contributed by atoms with van der Waals surface area (Å²) in [6.45, 7) is 6.69. The zero-order chi connectivity index (χ0) is 28.7. The van der Waals surface area contributed by atoms with Crippen molar-refractivity contribution in [2.24, 2.45) is 0 Å². The molecule has 7 nitrogen and oxygen atoms in total. The molecule has 2 N–H and O–H groups in total. The van der Waals surface area contributed by atoms with E-state index in [1.807, 2.05) is 41.2 Å². The van der Waals surface area contributed by atoms with E-state index < -0.39 is 24.1 Å². The quantitative estimate of drug-likeness (QED) is 0.290. The van der Waals surface area contributed by atoms with Crippen molar-refractivity contribution in [2.75, 3.05) is 39.6 Å². The first kappa shape index (κ1) is 28.7. The number of nitrogens with zero attached hydrogens (tertiary/aromatic N) is 2. The number of hydrogen-bond acceptors (Lipinski definition) is 4. The van der Waals surface area contributed by atoms with E-state index in [9.17, 15) is 13.2 Å². The molecule has 2 aromatic carbocycles. The second-order valence-electron chi connectivity index (χ2n) is 11.1. The molecular weight excluding hydrogens is 527 g/mol. The number of carboxylic acids is 1. The summed E-state index contributed by atoms with van der Waals surface area (Å²) < 4.78 is 31.3. The van der Waals surface area contributed by atoms with Crippen molar-refractivity contribution in [1.82, 2.24) is 4.72 Å². The van der Waals surface area contributed by atoms with E-state index in [1.165, 1.54) is 10.4 Å². The third kappa shape index (κ3) is 5.43. The summed E-state index contributed by atoms with van der Waals surface area (Å²) in [5.41, 5.74) is 7.17. The van der Waals surface area contributed by atoms with E-state index in [0.29, 0.717) is 5.56 Å². The van der Waals surface area contributed by atoms with E-state index in [4.69, 9.17) is 5.11 Å². The molecule has 9 heteroatoms. The van der Waals surface area contributed by atoms with Gasteiger partial charge in [-0.05, 0) is 75.8 Å². The Morgan fingerprint density at radius 1 is 1.08 bits per heavy atom. The second-order valence-corrected chi connectivity index (χ2v) is 17.1. The van der Waals surface area contributed by atoms with Crippen LogP contribution < -0.4 is 14.8 Å². The average molecular weight is 565 g/mol. The first-order valence-corrected chi connectivity index (χ1v) is 17.6. The molecule has 0 unspecified atom stereocenters. The highest BCUT2D eigenvalue weighted by Crippen LogP contribution is 2.43. The third-order valence-electron chi connectivity index (χ3n) is 7.63. The Hall–Kier alpha value is -3.27. The van der Waals surface area contributed by atoms with Crippen LogP contribution in [0.5, 0.6) is 0 Å². The molecular formula is C30H38N3O4SSi+. The third-order valence-corrected chi connectivity index (χ3v) is 12.8. The van der Waals surface area contributed by atoms with E-state index in [1.54, 1.807) is 12.1 Å². The highest BCUT2D eigenvalue weighted by atomic mass is 32.2. The summed E-state index contributed by atoms with van der Waals surface area (Å²) in [5.74, 6) is -0.945. The first-order valence-electron chi connectivity index (χ1n) is 13.1. The van der Waals surface area contributed by atoms with Gasteiger partial charge in [0.25, 0.3) is 0 Å². The number of carbonyl (C=O) groups is 1. The van der Waals surface area contributed by atoms with Gasteiger partial charge in [0, 0.05) is 44.9 Å². The summed E-state index contributed by atoms with van der Waals surface area (Å²) >= 11 is 0. The maximum Gasteiger partial charge on any atom is 0.303 e. The van der Waals surface area contributed by atoms with Crippen molar-refractivity contribution < 1.29 is 22.9 Å². The lowest BCUT2D eigenvalue weighted by atomic mass is 9.87. The van der Waals surface area contributed by atoms with Crippen LogP contribution in [0.1, 0.15) is 29.5 Å². The molecule has 39 heavy (non-hydrogen) atoms. The van der Waals surface area contributed by atoms with Gasteiger partial charge in [-0.1, -0.05) is 31.3 Å². The van der Waals surface area contributed by atoms with Crippen LogP contribution in [0.15, 0.2) is 70.3 Å². The van der Waals surface area contributed by atoms with Crippen LogP contribution >= 0.6 is 0 Å². The topological polar surface area (TPSA) is 89.7 Å². The normalized spacial score (nSPS) is 16.0. The minimum absolute atomic E-state index is 0.0704. The molecule has 4 rings (SSSR count). The SMILES string of the molecule is Cc1c(C2=C3C=CC(=[N+](C)C)C=C3[Si](C)(C)c3cc(N(C)C)ccc32)cccc1S(=O)(=O)NCCCC(=O)O. The van der Waals surface area contributed by atoms with Gasteiger partial charge in [0.2, 0.25) is 10.0 Å². The van der Waals surface area contributed by atoms with Gasteiger partial charge in [-0.15, -0.1) is 0 Å². The van der Waals surface area contributed by atoms with Gasteiger partial charge in [-0.2, -0.15) is 0 Å². The lowest BCUT2D eigenvalue weighted by Crippen LogP contribution is -2.49. The Labute approximate surface area is 232 Å². The molecule has 206 valence electrons. The van der Waals surface area contributed by atoms with Crippen LogP contribution in [0.25, 0.3) is 5.57 Å². The summed E-state index contributed by atoms with van der Waals surface area (Å²) in [4.78, 5) is 13.2. The maximum absolute atomic E-state index is 13.3. The molecule has 0 aromatic heterocycles. The molecule has 0 bridgehead atoms. The molecule has 0 atom stereocenters. The second kappa shape index (κ2) is 10.7. The Bertz CT molecular complexity index is 1580. The average Bonchev–Trinajstić information content (AvgIpc) is 2.87. The smallest absolute Gasteiger partial charge is 0.303 e. The fourth-order valence-corrected chi connectivity index (χ4v) is 9.78. The number of benzene rings is 2. The molecule has 0 fully saturated rings. The Morgan fingerprint density at radius 3 is 2.44 bits per heavy atom. The summed E-state index contributed by atoms with van der Waals surface area (Å²) in [7, 11) is 2.24. The van der Waals surface area contributed by atoms with Crippen LogP contribution in [0.2, 0.25) is 13.1 Å². The molecule has 1 aliphatic heterocycles. The van der Waals surface area contributed by atoms with Crippen molar-refractivity contribution in [3.05, 3.63) is 82.1 Å². The van der Waals surface area contributed by atoms with Gasteiger partial charge in [0.05, 0.1) is 4.90 Å². The van der Waals surface area contributed by atoms with Crippen molar-refractivity contribution in [3.63, 3.8) is 0 Å². The van der Waals surface area contributed by atoms with Gasteiger partial charge in [0.15, 0.2) is 5.71 Å². The minimum Gasteiger partial charge on any atom is -0.481 e. The van der Waals surface area contributed by atoms with Crippen molar-refractivity contribution >= 4 is 46.2 Å². The molecule has 2 aliphatic rings. The van der Waals surface area contributed by atoms with E-state index in [0.717, 1.165) is 33.7 Å². The predicted molar refractivity (Wildman–Crippen MR) is 161 cm³/mol.